The largest absolute Gasteiger partial charge is 0.351 e. The molecule has 2 rings (SSSR count). The van der Waals surface area contributed by atoms with Crippen LogP contribution in [-0.4, -0.2) is 53.8 Å². The molecule has 1 N–H and O–H groups in total. The van der Waals surface area contributed by atoms with Gasteiger partial charge in [0, 0.05) is 44.7 Å². The lowest BCUT2D eigenvalue weighted by Crippen LogP contribution is -2.54. The summed E-state index contributed by atoms with van der Waals surface area (Å²) in [4.78, 5) is 27.5. The summed E-state index contributed by atoms with van der Waals surface area (Å²) in [6.45, 7) is 6.70. The molecule has 0 aliphatic carbocycles. The fraction of sp³-hybridized carbons (Fsp3) is 0.500. The Morgan fingerprint density at radius 1 is 1.23 bits per heavy atom. The van der Waals surface area contributed by atoms with Crippen molar-refractivity contribution in [3.63, 3.8) is 0 Å². The number of nitrogens with one attached hydrogen (secondary N) is 1. The van der Waals surface area contributed by atoms with Gasteiger partial charge in [-0.3, -0.25) is 14.5 Å². The highest BCUT2D eigenvalue weighted by atomic mass is 35.5. The Balaban J connectivity index is 1.83. The molecule has 1 aliphatic rings. The van der Waals surface area contributed by atoms with E-state index in [0.717, 1.165) is 18.7 Å². The van der Waals surface area contributed by atoms with E-state index in [-0.39, 0.29) is 17.9 Å². The van der Waals surface area contributed by atoms with Crippen molar-refractivity contribution < 1.29 is 9.59 Å². The van der Waals surface area contributed by atoms with Gasteiger partial charge in [-0.25, -0.2) is 0 Å². The first-order valence-corrected chi connectivity index (χ1v) is 7.87. The number of nitrogens with zero attached hydrogens (tertiary/aromatic N) is 2. The number of piperazine rings is 1. The van der Waals surface area contributed by atoms with Crippen molar-refractivity contribution >= 4 is 23.4 Å². The minimum absolute atomic E-state index is 0.0174. The predicted octanol–water partition coefficient (Wildman–Crippen LogP) is 1.51. The van der Waals surface area contributed by atoms with Crippen LogP contribution in [0.5, 0.6) is 0 Å². The first-order chi connectivity index (χ1) is 10.5. The standard InChI is InChI=1S/C16H22ClN3O2/c1-12(19-7-9-20(10-8-19)13(2)21)16(22)18-11-14-5-3-4-6-15(14)17/h3-6,12H,7-11H2,1-2H3,(H,18,22)/t12-/m1/s1. The van der Waals surface area contributed by atoms with E-state index < -0.39 is 0 Å². The zero-order valence-corrected chi connectivity index (χ0v) is 13.8. The van der Waals surface area contributed by atoms with E-state index in [1.54, 1.807) is 6.92 Å². The Morgan fingerprint density at radius 3 is 2.45 bits per heavy atom. The average molecular weight is 324 g/mol. The maximum atomic E-state index is 12.3. The van der Waals surface area contributed by atoms with E-state index in [2.05, 4.69) is 10.2 Å². The topological polar surface area (TPSA) is 52.7 Å². The second-order valence-corrected chi connectivity index (χ2v) is 5.93. The summed E-state index contributed by atoms with van der Waals surface area (Å²) in [6, 6.07) is 7.27. The lowest BCUT2D eigenvalue weighted by atomic mass is 10.2. The zero-order valence-electron chi connectivity index (χ0n) is 13.0. The third kappa shape index (κ3) is 4.21. The van der Waals surface area contributed by atoms with Crippen LogP contribution < -0.4 is 5.32 Å². The Hall–Kier alpha value is -1.59. The fourth-order valence-corrected chi connectivity index (χ4v) is 2.76. The summed E-state index contributed by atoms with van der Waals surface area (Å²) in [5, 5.41) is 3.58. The zero-order chi connectivity index (χ0) is 16.1. The highest BCUT2D eigenvalue weighted by Crippen LogP contribution is 2.14. The molecule has 0 spiro atoms. The summed E-state index contributed by atoms with van der Waals surface area (Å²) < 4.78 is 0. The SMILES string of the molecule is CC(=O)N1CCN([C@H](C)C(=O)NCc2ccccc2Cl)CC1. The molecule has 1 aliphatic heterocycles. The van der Waals surface area contributed by atoms with Gasteiger partial charge in [0.15, 0.2) is 0 Å². The summed E-state index contributed by atoms with van der Waals surface area (Å²) in [5.41, 5.74) is 0.908. The van der Waals surface area contributed by atoms with Gasteiger partial charge in [-0.2, -0.15) is 0 Å². The van der Waals surface area contributed by atoms with Crippen LogP contribution in [0.3, 0.4) is 0 Å². The molecule has 5 nitrogen and oxygen atoms in total. The molecule has 22 heavy (non-hydrogen) atoms. The first kappa shape index (κ1) is 16.8. The molecule has 1 heterocycles. The summed E-state index contributed by atoms with van der Waals surface area (Å²) >= 11 is 6.08. The van der Waals surface area contributed by atoms with Gasteiger partial charge in [0.05, 0.1) is 6.04 Å². The molecular formula is C16H22ClN3O2. The molecule has 1 aromatic rings. The summed E-state index contributed by atoms with van der Waals surface area (Å²) in [7, 11) is 0. The van der Waals surface area contributed by atoms with E-state index in [4.69, 9.17) is 11.6 Å². The van der Waals surface area contributed by atoms with Gasteiger partial charge in [0.1, 0.15) is 0 Å². The quantitative estimate of drug-likeness (QED) is 0.914. The van der Waals surface area contributed by atoms with Crippen LogP contribution in [-0.2, 0) is 16.1 Å². The minimum Gasteiger partial charge on any atom is -0.351 e. The van der Waals surface area contributed by atoms with Crippen LogP contribution in [0.2, 0.25) is 5.02 Å². The van der Waals surface area contributed by atoms with Crippen LogP contribution in [0.25, 0.3) is 0 Å². The molecule has 1 atom stereocenters. The van der Waals surface area contributed by atoms with Gasteiger partial charge in [0.25, 0.3) is 0 Å². The normalized spacial score (nSPS) is 17.1. The Kier molecular flexibility index (Phi) is 5.80. The predicted molar refractivity (Wildman–Crippen MR) is 86.6 cm³/mol. The van der Waals surface area contributed by atoms with Gasteiger partial charge in [-0.15, -0.1) is 0 Å². The average Bonchev–Trinajstić information content (AvgIpc) is 2.53. The molecule has 6 heteroatoms. The highest BCUT2D eigenvalue weighted by Gasteiger charge is 2.26. The maximum Gasteiger partial charge on any atom is 0.237 e. The lowest BCUT2D eigenvalue weighted by Gasteiger charge is -2.37. The highest BCUT2D eigenvalue weighted by molar-refractivity contribution is 6.31. The van der Waals surface area contributed by atoms with Gasteiger partial charge < -0.3 is 10.2 Å². The van der Waals surface area contributed by atoms with Crippen molar-refractivity contribution in [2.45, 2.75) is 26.4 Å². The fourth-order valence-electron chi connectivity index (χ4n) is 2.56. The second-order valence-electron chi connectivity index (χ2n) is 5.53. The van der Waals surface area contributed by atoms with Crippen molar-refractivity contribution in [2.75, 3.05) is 26.2 Å². The molecule has 120 valence electrons. The third-order valence-electron chi connectivity index (χ3n) is 4.10. The van der Waals surface area contributed by atoms with E-state index >= 15 is 0 Å². The monoisotopic (exact) mass is 323 g/mol. The summed E-state index contributed by atoms with van der Waals surface area (Å²) in [6.07, 6.45) is 0. The van der Waals surface area contributed by atoms with Gasteiger partial charge in [-0.1, -0.05) is 29.8 Å². The van der Waals surface area contributed by atoms with Crippen molar-refractivity contribution in [1.82, 2.24) is 15.1 Å². The molecule has 1 aromatic carbocycles. The van der Waals surface area contributed by atoms with Gasteiger partial charge in [0.2, 0.25) is 11.8 Å². The Labute approximate surface area is 136 Å². The smallest absolute Gasteiger partial charge is 0.237 e. The maximum absolute atomic E-state index is 12.3. The number of hydrogen-bond acceptors (Lipinski definition) is 3. The van der Waals surface area contributed by atoms with E-state index in [9.17, 15) is 9.59 Å². The molecule has 0 aromatic heterocycles. The molecule has 0 bridgehead atoms. The minimum atomic E-state index is -0.211. The number of rotatable bonds is 4. The number of carbonyl (C=O) groups excluding carboxylic acids is 2. The van der Waals surface area contributed by atoms with Gasteiger partial charge in [-0.05, 0) is 18.6 Å². The Morgan fingerprint density at radius 2 is 1.86 bits per heavy atom. The molecule has 1 fully saturated rings. The van der Waals surface area contributed by atoms with Crippen LogP contribution in [0.1, 0.15) is 19.4 Å². The molecule has 1 saturated heterocycles. The van der Waals surface area contributed by atoms with E-state index in [1.165, 1.54) is 0 Å². The number of benzene rings is 1. The molecule has 0 saturated carbocycles. The molecule has 0 unspecified atom stereocenters. The first-order valence-electron chi connectivity index (χ1n) is 7.49. The van der Waals surface area contributed by atoms with Crippen molar-refractivity contribution in [3.8, 4) is 0 Å². The van der Waals surface area contributed by atoms with Crippen molar-refractivity contribution in [3.05, 3.63) is 34.9 Å². The number of halogens is 1. The Bertz CT molecular complexity index is 542. The van der Waals surface area contributed by atoms with Crippen LogP contribution in [0, 0.1) is 0 Å². The van der Waals surface area contributed by atoms with Crippen LogP contribution >= 0.6 is 11.6 Å². The van der Waals surface area contributed by atoms with Gasteiger partial charge >= 0.3 is 0 Å². The lowest BCUT2D eigenvalue weighted by molar-refractivity contribution is -0.132. The number of amides is 2. The number of hydrogen-bond donors (Lipinski definition) is 1. The molecule has 0 radical (unpaired) electrons. The van der Waals surface area contributed by atoms with E-state index in [0.29, 0.717) is 24.7 Å². The van der Waals surface area contributed by atoms with Crippen molar-refractivity contribution in [2.24, 2.45) is 0 Å². The molecular weight excluding hydrogens is 302 g/mol. The van der Waals surface area contributed by atoms with Crippen LogP contribution in [0.15, 0.2) is 24.3 Å². The van der Waals surface area contributed by atoms with Crippen molar-refractivity contribution in [1.29, 1.82) is 0 Å². The summed E-state index contributed by atoms with van der Waals surface area (Å²) in [5.74, 6) is 0.0756. The van der Waals surface area contributed by atoms with Crippen LogP contribution in [0.4, 0.5) is 0 Å². The van der Waals surface area contributed by atoms with E-state index in [1.807, 2.05) is 36.1 Å². The number of carbonyl (C=O) groups is 2. The second kappa shape index (κ2) is 7.61. The molecule has 2 amide bonds. The third-order valence-corrected chi connectivity index (χ3v) is 4.47.